The van der Waals surface area contributed by atoms with E-state index in [0.717, 1.165) is 29.8 Å². The molecule has 0 aromatic carbocycles. The lowest BCUT2D eigenvalue weighted by molar-refractivity contribution is 0.0507. The molecule has 0 spiro atoms. The monoisotopic (exact) mass is 280 g/mol. The lowest BCUT2D eigenvalue weighted by Crippen LogP contribution is -2.50. The third kappa shape index (κ3) is 3.98. The molecule has 0 amide bonds. The van der Waals surface area contributed by atoms with E-state index in [2.05, 4.69) is 44.4 Å². The van der Waals surface area contributed by atoms with E-state index in [9.17, 15) is 0 Å². The Morgan fingerprint density at radius 1 is 0.950 bits per heavy atom. The maximum absolute atomic E-state index is 2.69. The van der Waals surface area contributed by atoms with E-state index < -0.39 is 0 Å². The van der Waals surface area contributed by atoms with E-state index in [-0.39, 0.29) is 0 Å². The zero-order valence-electron chi connectivity index (χ0n) is 14.4. The van der Waals surface area contributed by atoms with Gasteiger partial charge in [-0.2, -0.15) is 0 Å². The topological polar surface area (TPSA) is 6.48 Å². The Hall–Kier alpha value is -0.0800. The van der Waals surface area contributed by atoms with Gasteiger partial charge in [0, 0.05) is 31.7 Å². The van der Waals surface area contributed by atoms with Gasteiger partial charge in [-0.15, -0.1) is 0 Å². The summed E-state index contributed by atoms with van der Waals surface area (Å²) in [6.45, 7) is 17.3. The second-order valence-corrected chi connectivity index (χ2v) is 7.77. The number of likely N-dealkylation sites (tertiary alicyclic amines) is 2. The molecule has 0 bridgehead atoms. The van der Waals surface area contributed by atoms with E-state index in [1.165, 1.54) is 51.9 Å². The number of rotatable bonds is 7. The van der Waals surface area contributed by atoms with Crippen LogP contribution in [-0.2, 0) is 0 Å². The molecule has 2 heterocycles. The molecule has 2 heteroatoms. The van der Waals surface area contributed by atoms with Crippen LogP contribution in [0.2, 0.25) is 0 Å². The van der Waals surface area contributed by atoms with Gasteiger partial charge in [-0.25, -0.2) is 0 Å². The van der Waals surface area contributed by atoms with Gasteiger partial charge in [0.05, 0.1) is 0 Å². The summed E-state index contributed by atoms with van der Waals surface area (Å²) in [4.78, 5) is 5.35. The number of hydrogen-bond donors (Lipinski definition) is 0. The molecule has 2 nitrogen and oxygen atoms in total. The Balaban J connectivity index is 1.64. The predicted molar refractivity (Wildman–Crippen MR) is 88.0 cm³/mol. The van der Waals surface area contributed by atoms with Crippen LogP contribution in [0.1, 0.15) is 60.3 Å². The molecular formula is C18H36N2. The summed E-state index contributed by atoms with van der Waals surface area (Å²) in [5.74, 6) is 2.85. The standard InChI is InChI=1S/C18H36N2/c1-6-17-11-20(12-17)16(5)8-7-15(4)18-9-10-19(13-18)14(2)3/h14-18H,6-13H2,1-5H3. The third-order valence-electron chi connectivity index (χ3n) is 6.02. The molecule has 0 aliphatic carbocycles. The van der Waals surface area contributed by atoms with Crippen LogP contribution in [-0.4, -0.2) is 48.1 Å². The summed E-state index contributed by atoms with van der Waals surface area (Å²) < 4.78 is 0. The molecule has 3 unspecified atom stereocenters. The second-order valence-electron chi connectivity index (χ2n) is 7.77. The molecule has 0 radical (unpaired) electrons. The van der Waals surface area contributed by atoms with Gasteiger partial charge in [0.1, 0.15) is 0 Å². The molecule has 118 valence electrons. The summed E-state index contributed by atoms with van der Waals surface area (Å²) in [5.41, 5.74) is 0. The fraction of sp³-hybridized carbons (Fsp3) is 1.00. The van der Waals surface area contributed by atoms with Crippen LogP contribution in [0.5, 0.6) is 0 Å². The van der Waals surface area contributed by atoms with E-state index in [1.54, 1.807) is 0 Å². The van der Waals surface area contributed by atoms with E-state index in [4.69, 9.17) is 0 Å². The Kier molecular flexibility index (Phi) is 5.92. The fourth-order valence-corrected chi connectivity index (χ4v) is 3.90. The van der Waals surface area contributed by atoms with Crippen LogP contribution in [0.3, 0.4) is 0 Å². The van der Waals surface area contributed by atoms with E-state index in [0.29, 0.717) is 0 Å². The summed E-state index contributed by atoms with van der Waals surface area (Å²) in [5, 5.41) is 0. The van der Waals surface area contributed by atoms with Crippen LogP contribution in [0, 0.1) is 17.8 Å². The van der Waals surface area contributed by atoms with Crippen molar-refractivity contribution in [1.82, 2.24) is 9.80 Å². The Morgan fingerprint density at radius 2 is 1.65 bits per heavy atom. The van der Waals surface area contributed by atoms with Crippen molar-refractivity contribution in [1.29, 1.82) is 0 Å². The quantitative estimate of drug-likeness (QED) is 0.698. The summed E-state index contributed by atoms with van der Waals surface area (Å²) in [7, 11) is 0. The Labute approximate surface area is 126 Å². The average molecular weight is 281 g/mol. The highest BCUT2D eigenvalue weighted by atomic mass is 15.2. The molecule has 2 aliphatic rings. The number of nitrogens with zero attached hydrogens (tertiary/aromatic N) is 2. The first kappa shape index (κ1) is 16.3. The summed E-state index contributed by atoms with van der Waals surface area (Å²) >= 11 is 0. The van der Waals surface area contributed by atoms with Gasteiger partial charge < -0.3 is 9.80 Å². The van der Waals surface area contributed by atoms with Crippen LogP contribution in [0.25, 0.3) is 0 Å². The van der Waals surface area contributed by atoms with Crippen LogP contribution in [0.4, 0.5) is 0 Å². The normalized spacial score (nSPS) is 28.8. The van der Waals surface area contributed by atoms with Crippen molar-refractivity contribution in [2.24, 2.45) is 17.8 Å². The Morgan fingerprint density at radius 3 is 2.20 bits per heavy atom. The smallest absolute Gasteiger partial charge is 0.00672 e. The van der Waals surface area contributed by atoms with Gasteiger partial charge in [0.2, 0.25) is 0 Å². The minimum Gasteiger partial charge on any atom is -0.301 e. The van der Waals surface area contributed by atoms with Gasteiger partial charge in [-0.05, 0) is 64.3 Å². The molecule has 0 N–H and O–H groups in total. The average Bonchev–Trinajstić information content (AvgIpc) is 2.84. The predicted octanol–water partition coefficient (Wildman–Crippen LogP) is 3.86. The van der Waals surface area contributed by atoms with Gasteiger partial charge in [-0.3, -0.25) is 0 Å². The van der Waals surface area contributed by atoms with Crippen molar-refractivity contribution in [3.05, 3.63) is 0 Å². The highest BCUT2D eigenvalue weighted by molar-refractivity contribution is 4.85. The van der Waals surface area contributed by atoms with Gasteiger partial charge >= 0.3 is 0 Å². The first-order valence-corrected chi connectivity index (χ1v) is 8.99. The molecule has 0 aromatic rings. The third-order valence-corrected chi connectivity index (χ3v) is 6.02. The number of hydrogen-bond acceptors (Lipinski definition) is 2. The lowest BCUT2D eigenvalue weighted by atomic mass is 9.87. The van der Waals surface area contributed by atoms with Gasteiger partial charge in [-0.1, -0.05) is 20.3 Å². The van der Waals surface area contributed by atoms with E-state index >= 15 is 0 Å². The van der Waals surface area contributed by atoms with Crippen molar-refractivity contribution in [2.45, 2.75) is 72.4 Å². The molecule has 0 aromatic heterocycles. The largest absolute Gasteiger partial charge is 0.301 e. The molecule has 20 heavy (non-hydrogen) atoms. The van der Waals surface area contributed by atoms with Crippen molar-refractivity contribution in [2.75, 3.05) is 26.2 Å². The molecule has 0 saturated carbocycles. The van der Waals surface area contributed by atoms with Gasteiger partial charge in [0.25, 0.3) is 0 Å². The highest BCUT2D eigenvalue weighted by Crippen LogP contribution is 2.30. The zero-order chi connectivity index (χ0) is 14.7. The minimum atomic E-state index is 0.734. The van der Waals surface area contributed by atoms with Crippen molar-refractivity contribution in [3.63, 3.8) is 0 Å². The maximum Gasteiger partial charge on any atom is 0.00672 e. The van der Waals surface area contributed by atoms with Gasteiger partial charge in [0.15, 0.2) is 0 Å². The fourth-order valence-electron chi connectivity index (χ4n) is 3.90. The van der Waals surface area contributed by atoms with Crippen LogP contribution >= 0.6 is 0 Å². The SMILES string of the molecule is CCC1CN(C(C)CCC(C)C2CCN(C(C)C)C2)C1. The second kappa shape index (κ2) is 7.26. The molecule has 2 rings (SSSR count). The van der Waals surface area contributed by atoms with Crippen LogP contribution < -0.4 is 0 Å². The first-order valence-electron chi connectivity index (χ1n) is 8.99. The Bertz CT molecular complexity index is 283. The summed E-state index contributed by atoms with van der Waals surface area (Å²) in [6, 6.07) is 1.54. The first-order chi connectivity index (χ1) is 9.51. The minimum absolute atomic E-state index is 0.734. The highest BCUT2D eigenvalue weighted by Gasteiger charge is 2.31. The molecular weight excluding hydrogens is 244 g/mol. The molecule has 2 fully saturated rings. The lowest BCUT2D eigenvalue weighted by Gasteiger charge is -2.43. The molecule has 3 atom stereocenters. The van der Waals surface area contributed by atoms with Crippen molar-refractivity contribution < 1.29 is 0 Å². The van der Waals surface area contributed by atoms with Crippen molar-refractivity contribution >= 4 is 0 Å². The zero-order valence-corrected chi connectivity index (χ0v) is 14.4. The van der Waals surface area contributed by atoms with E-state index in [1.807, 2.05) is 0 Å². The maximum atomic E-state index is 2.69. The van der Waals surface area contributed by atoms with Crippen molar-refractivity contribution in [3.8, 4) is 0 Å². The summed E-state index contributed by atoms with van der Waals surface area (Å²) in [6.07, 6.45) is 5.61. The molecule has 2 saturated heterocycles. The van der Waals surface area contributed by atoms with Crippen LogP contribution in [0.15, 0.2) is 0 Å². The molecule has 2 aliphatic heterocycles.